The van der Waals surface area contributed by atoms with Crippen molar-refractivity contribution in [2.45, 2.75) is 19.9 Å². The number of nitrogens with one attached hydrogen (secondary N) is 1. The highest BCUT2D eigenvalue weighted by molar-refractivity contribution is 5.74. The lowest BCUT2D eigenvalue weighted by atomic mass is 10.2. The molecule has 0 saturated heterocycles. The normalized spacial score (nSPS) is 10.2. The molecule has 17 heavy (non-hydrogen) atoms. The third kappa shape index (κ3) is 5.89. The highest BCUT2D eigenvalue weighted by atomic mass is 16.6. The molecule has 0 saturated carbocycles. The topological polar surface area (TPSA) is 73.6 Å². The second-order valence-electron chi connectivity index (χ2n) is 3.57. The standard InChI is InChI=1S/C12H18N2O3/c1-2-7-16-11-5-3-10(4-6-11)8-14-17-9-12(13)15/h3-6,14H,2,7-9H2,1H3,(H2,13,15). The summed E-state index contributed by atoms with van der Waals surface area (Å²) in [6.45, 7) is 3.17. The molecule has 0 heterocycles. The van der Waals surface area contributed by atoms with Gasteiger partial charge >= 0.3 is 0 Å². The predicted molar refractivity (Wildman–Crippen MR) is 64.2 cm³/mol. The van der Waals surface area contributed by atoms with Crippen LogP contribution in [-0.4, -0.2) is 19.1 Å². The second kappa shape index (κ2) is 7.65. The Morgan fingerprint density at radius 3 is 2.65 bits per heavy atom. The average molecular weight is 238 g/mol. The van der Waals surface area contributed by atoms with Crippen LogP contribution in [0.2, 0.25) is 0 Å². The third-order valence-electron chi connectivity index (χ3n) is 1.99. The minimum Gasteiger partial charge on any atom is -0.494 e. The molecule has 0 aliphatic carbocycles. The van der Waals surface area contributed by atoms with Crippen LogP contribution >= 0.6 is 0 Å². The van der Waals surface area contributed by atoms with Gasteiger partial charge in [-0.05, 0) is 24.1 Å². The van der Waals surface area contributed by atoms with Crippen LogP contribution in [0.1, 0.15) is 18.9 Å². The highest BCUT2D eigenvalue weighted by Gasteiger charge is 1.97. The number of rotatable bonds is 8. The number of hydrogen-bond acceptors (Lipinski definition) is 4. The molecule has 3 N–H and O–H groups in total. The van der Waals surface area contributed by atoms with Crippen molar-refractivity contribution in [2.75, 3.05) is 13.2 Å². The van der Waals surface area contributed by atoms with Gasteiger partial charge in [-0.15, -0.1) is 0 Å². The Hall–Kier alpha value is -1.59. The van der Waals surface area contributed by atoms with E-state index in [0.29, 0.717) is 6.54 Å². The van der Waals surface area contributed by atoms with Crippen LogP contribution in [0, 0.1) is 0 Å². The lowest BCUT2D eigenvalue weighted by Crippen LogP contribution is -2.24. The predicted octanol–water partition coefficient (Wildman–Crippen LogP) is 0.982. The highest BCUT2D eigenvalue weighted by Crippen LogP contribution is 2.12. The van der Waals surface area contributed by atoms with E-state index in [1.54, 1.807) is 0 Å². The van der Waals surface area contributed by atoms with Crippen LogP contribution in [0.5, 0.6) is 5.75 Å². The number of carbonyl (C=O) groups is 1. The van der Waals surface area contributed by atoms with Crippen LogP contribution in [0.25, 0.3) is 0 Å². The van der Waals surface area contributed by atoms with Gasteiger partial charge in [0, 0.05) is 6.54 Å². The first-order chi connectivity index (χ1) is 8.22. The number of primary amides is 1. The molecule has 0 unspecified atom stereocenters. The molecule has 0 radical (unpaired) electrons. The summed E-state index contributed by atoms with van der Waals surface area (Å²) >= 11 is 0. The maximum absolute atomic E-state index is 10.4. The first-order valence-electron chi connectivity index (χ1n) is 5.57. The largest absolute Gasteiger partial charge is 0.494 e. The van der Waals surface area contributed by atoms with Gasteiger partial charge in [0.15, 0.2) is 0 Å². The first-order valence-corrected chi connectivity index (χ1v) is 5.57. The van der Waals surface area contributed by atoms with Crippen molar-refractivity contribution >= 4 is 5.91 Å². The number of ether oxygens (including phenoxy) is 1. The van der Waals surface area contributed by atoms with Gasteiger partial charge < -0.3 is 10.5 Å². The fourth-order valence-electron chi connectivity index (χ4n) is 1.18. The molecule has 5 nitrogen and oxygen atoms in total. The van der Waals surface area contributed by atoms with E-state index in [-0.39, 0.29) is 6.61 Å². The van der Waals surface area contributed by atoms with Crippen molar-refractivity contribution in [1.82, 2.24) is 5.48 Å². The number of nitrogens with two attached hydrogens (primary N) is 1. The Morgan fingerprint density at radius 2 is 2.06 bits per heavy atom. The summed E-state index contributed by atoms with van der Waals surface area (Å²) in [4.78, 5) is 15.2. The van der Waals surface area contributed by atoms with Crippen LogP contribution < -0.4 is 16.0 Å². The van der Waals surface area contributed by atoms with Gasteiger partial charge in [-0.2, -0.15) is 5.48 Å². The van der Waals surface area contributed by atoms with E-state index < -0.39 is 5.91 Å². The fourth-order valence-corrected chi connectivity index (χ4v) is 1.18. The van der Waals surface area contributed by atoms with E-state index in [1.807, 2.05) is 24.3 Å². The van der Waals surface area contributed by atoms with Gasteiger partial charge in [0.05, 0.1) is 6.61 Å². The Morgan fingerprint density at radius 1 is 1.35 bits per heavy atom. The lowest BCUT2D eigenvalue weighted by molar-refractivity contribution is -0.125. The molecule has 1 aromatic carbocycles. The summed E-state index contributed by atoms with van der Waals surface area (Å²) in [5.41, 5.74) is 8.61. The molecular weight excluding hydrogens is 220 g/mol. The van der Waals surface area contributed by atoms with Crippen LogP contribution in [-0.2, 0) is 16.2 Å². The minimum absolute atomic E-state index is 0.127. The molecule has 0 aliphatic rings. The van der Waals surface area contributed by atoms with Crippen LogP contribution in [0.15, 0.2) is 24.3 Å². The summed E-state index contributed by atoms with van der Waals surface area (Å²) in [6, 6.07) is 7.68. The molecule has 0 aromatic heterocycles. The maximum Gasteiger partial charge on any atom is 0.245 e. The van der Waals surface area contributed by atoms with E-state index >= 15 is 0 Å². The number of hydrogen-bond donors (Lipinski definition) is 2. The monoisotopic (exact) mass is 238 g/mol. The van der Waals surface area contributed by atoms with Crippen molar-refractivity contribution in [3.05, 3.63) is 29.8 Å². The van der Waals surface area contributed by atoms with Gasteiger partial charge in [0.25, 0.3) is 0 Å². The zero-order valence-electron chi connectivity index (χ0n) is 9.94. The fraction of sp³-hybridized carbons (Fsp3) is 0.417. The molecule has 0 fully saturated rings. The third-order valence-corrected chi connectivity index (χ3v) is 1.99. The SMILES string of the molecule is CCCOc1ccc(CNOCC(N)=O)cc1. The molecular formula is C12H18N2O3. The van der Waals surface area contributed by atoms with Crippen molar-refractivity contribution in [2.24, 2.45) is 5.73 Å². The molecule has 0 atom stereocenters. The van der Waals surface area contributed by atoms with Gasteiger partial charge in [-0.3, -0.25) is 9.63 Å². The summed E-state index contributed by atoms with van der Waals surface area (Å²) in [6.07, 6.45) is 0.990. The molecule has 0 aliphatic heterocycles. The maximum atomic E-state index is 10.4. The number of carbonyl (C=O) groups excluding carboxylic acids is 1. The minimum atomic E-state index is -0.499. The Labute approximate surface area is 101 Å². The Bertz CT molecular complexity index is 338. The van der Waals surface area contributed by atoms with Gasteiger partial charge in [0.1, 0.15) is 12.4 Å². The molecule has 94 valence electrons. The quantitative estimate of drug-likeness (QED) is 0.523. The van der Waals surface area contributed by atoms with Gasteiger partial charge in [-0.25, -0.2) is 0 Å². The average Bonchev–Trinajstić information content (AvgIpc) is 2.33. The molecule has 1 aromatic rings. The van der Waals surface area contributed by atoms with E-state index in [2.05, 4.69) is 12.4 Å². The zero-order chi connectivity index (χ0) is 12.5. The molecule has 1 amide bonds. The van der Waals surface area contributed by atoms with Crippen LogP contribution in [0.3, 0.4) is 0 Å². The van der Waals surface area contributed by atoms with Gasteiger partial charge in [-0.1, -0.05) is 19.1 Å². The number of benzene rings is 1. The van der Waals surface area contributed by atoms with E-state index in [9.17, 15) is 4.79 Å². The van der Waals surface area contributed by atoms with Crippen molar-refractivity contribution in [3.8, 4) is 5.75 Å². The number of hydroxylamine groups is 1. The molecule has 0 spiro atoms. The molecule has 5 heteroatoms. The Balaban J connectivity index is 2.27. The summed E-state index contributed by atoms with van der Waals surface area (Å²) in [7, 11) is 0. The van der Waals surface area contributed by atoms with E-state index in [4.69, 9.17) is 15.3 Å². The van der Waals surface area contributed by atoms with Gasteiger partial charge in [0.2, 0.25) is 5.91 Å². The molecule has 0 bridgehead atoms. The summed E-state index contributed by atoms with van der Waals surface area (Å²) in [5.74, 6) is 0.356. The molecule has 1 rings (SSSR count). The van der Waals surface area contributed by atoms with Crippen molar-refractivity contribution in [1.29, 1.82) is 0 Å². The second-order valence-corrected chi connectivity index (χ2v) is 3.57. The summed E-state index contributed by atoms with van der Waals surface area (Å²) in [5, 5.41) is 0. The smallest absolute Gasteiger partial charge is 0.245 e. The van der Waals surface area contributed by atoms with Crippen molar-refractivity contribution < 1.29 is 14.4 Å². The lowest BCUT2D eigenvalue weighted by Gasteiger charge is -2.07. The zero-order valence-corrected chi connectivity index (χ0v) is 9.94. The summed E-state index contributed by atoms with van der Waals surface area (Å²) < 4.78 is 5.45. The first kappa shape index (κ1) is 13.5. The van der Waals surface area contributed by atoms with E-state index in [1.165, 1.54) is 0 Å². The van der Waals surface area contributed by atoms with E-state index in [0.717, 1.165) is 24.3 Å². The van der Waals surface area contributed by atoms with Crippen LogP contribution in [0.4, 0.5) is 0 Å². The Kier molecular flexibility index (Phi) is 6.06. The number of amides is 1. The van der Waals surface area contributed by atoms with Crippen molar-refractivity contribution in [3.63, 3.8) is 0 Å².